The maximum Gasteiger partial charge on any atom is 0.277 e. The van der Waals surface area contributed by atoms with Gasteiger partial charge in [-0.3, -0.25) is 10.1 Å². The van der Waals surface area contributed by atoms with E-state index in [0.29, 0.717) is 5.56 Å². The SMILES string of the molecule is O=[N+]([O-])c1ccccc1-c1ccc2c3c1c1ccccc1n3-c1ccccc1O2. The van der Waals surface area contributed by atoms with Gasteiger partial charge in [0.25, 0.3) is 5.69 Å². The average molecular weight is 378 g/mol. The molecule has 29 heavy (non-hydrogen) atoms. The molecule has 2 heterocycles. The van der Waals surface area contributed by atoms with E-state index in [0.717, 1.165) is 44.6 Å². The standard InChI is InChI=1S/C24H14N2O3/c27-26(28)19-10-4-1-7-15(19)16-13-14-22-24-23(16)17-8-2-3-9-18(17)25(24)20-11-5-6-12-21(20)29-22/h1-14H. The van der Waals surface area contributed by atoms with Crippen LogP contribution in [-0.4, -0.2) is 9.49 Å². The number of para-hydroxylation sites is 4. The van der Waals surface area contributed by atoms with Gasteiger partial charge in [0.05, 0.1) is 27.2 Å². The fourth-order valence-electron chi connectivity index (χ4n) is 4.33. The number of rotatable bonds is 2. The van der Waals surface area contributed by atoms with Crippen LogP contribution in [0, 0.1) is 10.1 Å². The second-order valence-electron chi connectivity index (χ2n) is 7.03. The van der Waals surface area contributed by atoms with E-state index in [1.54, 1.807) is 18.2 Å². The van der Waals surface area contributed by atoms with Gasteiger partial charge in [-0.25, -0.2) is 0 Å². The molecule has 0 radical (unpaired) electrons. The quantitative estimate of drug-likeness (QED) is 0.256. The molecule has 0 spiro atoms. The molecule has 0 amide bonds. The lowest BCUT2D eigenvalue weighted by molar-refractivity contribution is -0.384. The molecule has 0 fully saturated rings. The highest BCUT2D eigenvalue weighted by Gasteiger charge is 2.27. The van der Waals surface area contributed by atoms with Crippen LogP contribution >= 0.6 is 0 Å². The van der Waals surface area contributed by atoms with Crippen LogP contribution in [0.3, 0.4) is 0 Å². The lowest BCUT2D eigenvalue weighted by Crippen LogP contribution is -2.04. The normalized spacial score (nSPS) is 12.0. The summed E-state index contributed by atoms with van der Waals surface area (Å²) in [5, 5.41) is 13.7. The number of hydrogen-bond acceptors (Lipinski definition) is 3. The smallest absolute Gasteiger partial charge is 0.277 e. The third kappa shape index (κ3) is 2.09. The molecule has 1 aromatic heterocycles. The van der Waals surface area contributed by atoms with Crippen molar-refractivity contribution in [1.29, 1.82) is 0 Å². The highest BCUT2D eigenvalue weighted by atomic mass is 16.6. The Kier molecular flexibility index (Phi) is 3.12. The Labute approximate surface area is 165 Å². The monoisotopic (exact) mass is 378 g/mol. The molecule has 0 saturated carbocycles. The predicted octanol–water partition coefficient (Wildman–Crippen LogP) is 6.46. The highest BCUT2D eigenvalue weighted by molar-refractivity contribution is 6.18. The van der Waals surface area contributed by atoms with Crippen LogP contribution in [0.15, 0.2) is 84.9 Å². The fourth-order valence-corrected chi connectivity index (χ4v) is 4.33. The van der Waals surface area contributed by atoms with E-state index in [4.69, 9.17) is 4.74 Å². The predicted molar refractivity (Wildman–Crippen MR) is 113 cm³/mol. The molecule has 0 unspecified atom stereocenters. The number of fused-ring (bicyclic) bond motifs is 5. The van der Waals surface area contributed by atoms with Crippen molar-refractivity contribution in [2.24, 2.45) is 0 Å². The maximum atomic E-state index is 11.7. The lowest BCUT2D eigenvalue weighted by Gasteiger charge is -2.21. The molecule has 4 aromatic carbocycles. The molecule has 5 nitrogen and oxygen atoms in total. The van der Waals surface area contributed by atoms with Crippen LogP contribution < -0.4 is 4.74 Å². The van der Waals surface area contributed by atoms with Gasteiger partial charge in [-0.15, -0.1) is 0 Å². The van der Waals surface area contributed by atoms with Crippen molar-refractivity contribution in [1.82, 2.24) is 4.57 Å². The van der Waals surface area contributed by atoms with Gasteiger partial charge in [-0.05, 0) is 42.0 Å². The minimum Gasteiger partial charge on any atom is -0.453 e. The summed E-state index contributed by atoms with van der Waals surface area (Å²) in [7, 11) is 0. The Hall–Kier alpha value is -4.12. The molecule has 5 aromatic rings. The first-order valence-electron chi connectivity index (χ1n) is 9.31. The van der Waals surface area contributed by atoms with Crippen LogP contribution in [-0.2, 0) is 0 Å². The summed E-state index contributed by atoms with van der Waals surface area (Å²) in [5.41, 5.74) is 4.47. The van der Waals surface area contributed by atoms with E-state index in [2.05, 4.69) is 16.7 Å². The first-order valence-corrected chi connectivity index (χ1v) is 9.31. The van der Waals surface area contributed by atoms with E-state index >= 15 is 0 Å². The van der Waals surface area contributed by atoms with Crippen LogP contribution in [0.25, 0.3) is 38.6 Å². The van der Waals surface area contributed by atoms with Crippen molar-refractivity contribution < 1.29 is 9.66 Å². The second-order valence-corrected chi connectivity index (χ2v) is 7.03. The number of ether oxygens (including phenoxy) is 1. The molecule has 0 N–H and O–H groups in total. The fraction of sp³-hybridized carbons (Fsp3) is 0. The molecular weight excluding hydrogens is 364 g/mol. The number of nitro benzene ring substituents is 1. The third-order valence-electron chi connectivity index (χ3n) is 5.50. The zero-order valence-corrected chi connectivity index (χ0v) is 15.2. The topological polar surface area (TPSA) is 57.3 Å². The Morgan fingerprint density at radius 2 is 1.52 bits per heavy atom. The van der Waals surface area contributed by atoms with Gasteiger partial charge in [0.2, 0.25) is 0 Å². The van der Waals surface area contributed by atoms with Gasteiger partial charge in [-0.1, -0.05) is 42.5 Å². The van der Waals surface area contributed by atoms with Crippen molar-refractivity contribution in [3.05, 3.63) is 95.0 Å². The number of nitrogens with zero attached hydrogens (tertiary/aromatic N) is 2. The molecule has 6 rings (SSSR count). The summed E-state index contributed by atoms with van der Waals surface area (Å²) >= 11 is 0. The number of hydrogen-bond donors (Lipinski definition) is 0. The largest absolute Gasteiger partial charge is 0.453 e. The van der Waals surface area contributed by atoms with E-state index in [-0.39, 0.29) is 10.6 Å². The summed E-state index contributed by atoms with van der Waals surface area (Å²) in [6, 6.07) is 26.8. The Morgan fingerprint density at radius 3 is 2.41 bits per heavy atom. The van der Waals surface area contributed by atoms with E-state index in [9.17, 15) is 10.1 Å². The number of aromatic nitrogens is 1. The molecule has 5 heteroatoms. The first-order chi connectivity index (χ1) is 14.2. The molecule has 1 aliphatic heterocycles. The summed E-state index contributed by atoms with van der Waals surface area (Å²) in [6.07, 6.45) is 0. The first kappa shape index (κ1) is 15.9. The van der Waals surface area contributed by atoms with Crippen LogP contribution in [0.4, 0.5) is 5.69 Å². The van der Waals surface area contributed by atoms with Gasteiger partial charge in [0.1, 0.15) is 0 Å². The summed E-state index contributed by atoms with van der Waals surface area (Å²) < 4.78 is 8.38. The number of benzene rings is 4. The van der Waals surface area contributed by atoms with Crippen LogP contribution in [0.1, 0.15) is 0 Å². The zero-order chi connectivity index (χ0) is 19.5. The van der Waals surface area contributed by atoms with Gasteiger partial charge < -0.3 is 9.30 Å². The van der Waals surface area contributed by atoms with Crippen LogP contribution in [0.2, 0.25) is 0 Å². The Bertz CT molecular complexity index is 1470. The van der Waals surface area contributed by atoms with Gasteiger partial charge in [0.15, 0.2) is 11.5 Å². The second kappa shape index (κ2) is 5.69. The molecule has 1 aliphatic rings. The van der Waals surface area contributed by atoms with Gasteiger partial charge in [0, 0.05) is 16.8 Å². The Balaban J connectivity index is 1.83. The summed E-state index contributed by atoms with van der Waals surface area (Å²) in [5.74, 6) is 1.54. The Morgan fingerprint density at radius 1 is 0.759 bits per heavy atom. The molecule has 0 aliphatic carbocycles. The zero-order valence-electron chi connectivity index (χ0n) is 15.2. The van der Waals surface area contributed by atoms with E-state index in [1.165, 1.54) is 0 Å². The molecule has 138 valence electrons. The van der Waals surface area contributed by atoms with Gasteiger partial charge in [-0.2, -0.15) is 0 Å². The van der Waals surface area contributed by atoms with E-state index < -0.39 is 0 Å². The van der Waals surface area contributed by atoms with Crippen molar-refractivity contribution in [2.45, 2.75) is 0 Å². The highest BCUT2D eigenvalue weighted by Crippen LogP contribution is 2.49. The third-order valence-corrected chi connectivity index (χ3v) is 5.50. The van der Waals surface area contributed by atoms with Gasteiger partial charge >= 0.3 is 0 Å². The lowest BCUT2D eigenvalue weighted by atomic mass is 9.97. The van der Waals surface area contributed by atoms with Crippen molar-refractivity contribution in [2.75, 3.05) is 0 Å². The van der Waals surface area contributed by atoms with Crippen LogP contribution in [0.5, 0.6) is 11.5 Å². The molecule has 0 saturated heterocycles. The van der Waals surface area contributed by atoms with Crippen molar-refractivity contribution in [3.8, 4) is 28.3 Å². The molecule has 0 atom stereocenters. The maximum absolute atomic E-state index is 11.7. The minimum absolute atomic E-state index is 0.0942. The van der Waals surface area contributed by atoms with Crippen molar-refractivity contribution in [3.63, 3.8) is 0 Å². The average Bonchev–Trinajstić information content (AvgIpc) is 3.11. The number of nitro groups is 1. The minimum atomic E-state index is -0.327. The van der Waals surface area contributed by atoms with E-state index in [1.807, 2.05) is 54.6 Å². The molecular formula is C24H14N2O3. The summed E-state index contributed by atoms with van der Waals surface area (Å²) in [4.78, 5) is 11.3. The van der Waals surface area contributed by atoms with Crippen molar-refractivity contribution >= 4 is 27.5 Å². The molecule has 0 bridgehead atoms. The summed E-state index contributed by atoms with van der Waals surface area (Å²) in [6.45, 7) is 0.